The normalized spacial score (nSPS) is 10.8. The highest BCUT2D eigenvalue weighted by molar-refractivity contribution is 6.42. The maximum absolute atomic E-state index is 13.8. The Morgan fingerprint density at radius 2 is 1.95 bits per heavy atom. The molecule has 0 aliphatic rings. The van der Waals surface area contributed by atoms with Gasteiger partial charge in [0.15, 0.2) is 0 Å². The molecule has 2 aromatic carbocycles. The zero-order valence-corrected chi connectivity index (χ0v) is 12.0. The Morgan fingerprint density at radius 1 is 1.19 bits per heavy atom. The van der Waals surface area contributed by atoms with Gasteiger partial charge in [-0.1, -0.05) is 29.3 Å². The van der Waals surface area contributed by atoms with Crippen molar-refractivity contribution in [1.82, 2.24) is 0 Å². The van der Waals surface area contributed by atoms with Crippen LogP contribution in [0.2, 0.25) is 10.0 Å². The minimum atomic E-state index is -1.18. The van der Waals surface area contributed by atoms with Crippen LogP contribution < -0.4 is 4.74 Å². The van der Waals surface area contributed by atoms with Crippen LogP contribution in [0.3, 0.4) is 0 Å². The second kappa shape index (κ2) is 6.61. The molecule has 21 heavy (non-hydrogen) atoms. The number of carbonyl (C=O) groups is 1. The lowest BCUT2D eigenvalue weighted by Crippen LogP contribution is -1.92. The molecule has 0 unspecified atom stereocenters. The van der Waals surface area contributed by atoms with Gasteiger partial charge in [0.1, 0.15) is 17.3 Å². The first-order chi connectivity index (χ1) is 9.97. The van der Waals surface area contributed by atoms with E-state index in [0.717, 1.165) is 12.2 Å². The Morgan fingerprint density at radius 3 is 2.62 bits per heavy atom. The van der Waals surface area contributed by atoms with Gasteiger partial charge in [-0.15, -0.1) is 0 Å². The average molecular weight is 327 g/mol. The highest BCUT2D eigenvalue weighted by Gasteiger charge is 2.09. The fourth-order valence-corrected chi connectivity index (χ4v) is 1.88. The minimum Gasteiger partial charge on any atom is -0.478 e. The number of carboxylic acids is 1. The Labute approximate surface area is 130 Å². The van der Waals surface area contributed by atoms with E-state index in [-0.39, 0.29) is 11.3 Å². The van der Waals surface area contributed by atoms with Crippen LogP contribution in [0.1, 0.15) is 5.56 Å². The first-order valence-electron chi connectivity index (χ1n) is 5.80. The Bertz CT molecular complexity index is 714. The lowest BCUT2D eigenvalue weighted by atomic mass is 10.1. The standard InChI is InChI=1S/C15H9Cl2FO3/c16-11-6-4-9(8-12(11)17)21-14-3-1-2-13(18)10(14)5-7-15(19)20/h1-8H,(H,19,20)/b7-5+. The van der Waals surface area contributed by atoms with E-state index in [4.69, 9.17) is 33.0 Å². The van der Waals surface area contributed by atoms with Crippen molar-refractivity contribution in [3.8, 4) is 11.5 Å². The topological polar surface area (TPSA) is 46.5 Å². The second-order valence-corrected chi connectivity index (χ2v) is 4.82. The fourth-order valence-electron chi connectivity index (χ4n) is 1.59. The van der Waals surface area contributed by atoms with E-state index in [1.54, 1.807) is 12.1 Å². The molecule has 0 amide bonds. The summed E-state index contributed by atoms with van der Waals surface area (Å²) in [5, 5.41) is 9.30. The van der Waals surface area contributed by atoms with Crippen molar-refractivity contribution in [3.05, 3.63) is 63.9 Å². The van der Waals surface area contributed by atoms with Crippen molar-refractivity contribution in [2.75, 3.05) is 0 Å². The number of aliphatic carboxylic acids is 1. The molecule has 0 fully saturated rings. The Balaban J connectivity index is 2.37. The Hall–Kier alpha value is -2.04. The van der Waals surface area contributed by atoms with E-state index < -0.39 is 11.8 Å². The highest BCUT2D eigenvalue weighted by atomic mass is 35.5. The van der Waals surface area contributed by atoms with E-state index in [9.17, 15) is 9.18 Å². The van der Waals surface area contributed by atoms with Crippen molar-refractivity contribution in [3.63, 3.8) is 0 Å². The molecule has 1 N–H and O–H groups in total. The van der Waals surface area contributed by atoms with Gasteiger partial charge in [-0.05, 0) is 30.3 Å². The van der Waals surface area contributed by atoms with Gasteiger partial charge < -0.3 is 9.84 Å². The van der Waals surface area contributed by atoms with Crippen LogP contribution in [-0.4, -0.2) is 11.1 Å². The summed E-state index contributed by atoms with van der Waals surface area (Å²) in [5.41, 5.74) is 0.0333. The molecule has 3 nitrogen and oxygen atoms in total. The lowest BCUT2D eigenvalue weighted by Gasteiger charge is -2.10. The average Bonchev–Trinajstić information content (AvgIpc) is 2.42. The molecule has 2 rings (SSSR count). The van der Waals surface area contributed by atoms with Crippen LogP contribution in [0, 0.1) is 5.82 Å². The van der Waals surface area contributed by atoms with E-state index in [0.29, 0.717) is 15.8 Å². The van der Waals surface area contributed by atoms with Gasteiger partial charge in [0.05, 0.1) is 15.6 Å². The zero-order valence-electron chi connectivity index (χ0n) is 10.5. The minimum absolute atomic E-state index is 0.0333. The predicted octanol–water partition coefficient (Wildman–Crippen LogP) is 5.02. The summed E-state index contributed by atoms with van der Waals surface area (Å²) in [6.45, 7) is 0. The highest BCUT2D eigenvalue weighted by Crippen LogP contribution is 2.32. The molecule has 0 aliphatic heterocycles. The molecule has 2 aromatic rings. The van der Waals surface area contributed by atoms with Gasteiger partial charge in [-0.25, -0.2) is 9.18 Å². The molecule has 0 bridgehead atoms. The van der Waals surface area contributed by atoms with Crippen LogP contribution in [0.15, 0.2) is 42.5 Å². The van der Waals surface area contributed by atoms with Crippen molar-refractivity contribution in [2.24, 2.45) is 0 Å². The van der Waals surface area contributed by atoms with Gasteiger partial charge in [-0.3, -0.25) is 0 Å². The van der Waals surface area contributed by atoms with Gasteiger partial charge in [-0.2, -0.15) is 0 Å². The number of benzene rings is 2. The Kier molecular flexibility index (Phi) is 4.83. The maximum Gasteiger partial charge on any atom is 0.328 e. The first kappa shape index (κ1) is 15.4. The quantitative estimate of drug-likeness (QED) is 0.802. The summed E-state index contributed by atoms with van der Waals surface area (Å²) >= 11 is 11.7. The SMILES string of the molecule is O=C(O)/C=C/c1c(F)cccc1Oc1ccc(Cl)c(Cl)c1. The van der Waals surface area contributed by atoms with E-state index in [1.807, 2.05) is 0 Å². The molecular weight excluding hydrogens is 318 g/mol. The number of rotatable bonds is 4. The van der Waals surface area contributed by atoms with Crippen molar-refractivity contribution >= 4 is 35.2 Å². The monoisotopic (exact) mass is 326 g/mol. The van der Waals surface area contributed by atoms with Crippen LogP contribution in [-0.2, 0) is 4.79 Å². The third-order valence-electron chi connectivity index (χ3n) is 2.52. The largest absolute Gasteiger partial charge is 0.478 e. The summed E-state index contributed by atoms with van der Waals surface area (Å²) in [4.78, 5) is 10.6. The molecule has 0 spiro atoms. The molecule has 108 valence electrons. The van der Waals surface area contributed by atoms with Gasteiger partial charge in [0.25, 0.3) is 0 Å². The van der Waals surface area contributed by atoms with E-state index in [1.165, 1.54) is 24.3 Å². The predicted molar refractivity (Wildman–Crippen MR) is 79.6 cm³/mol. The summed E-state index contributed by atoms with van der Waals surface area (Å²) in [6, 6.07) is 8.80. The van der Waals surface area contributed by atoms with E-state index in [2.05, 4.69) is 0 Å². The van der Waals surface area contributed by atoms with Crippen molar-refractivity contribution < 1.29 is 19.0 Å². The first-order valence-corrected chi connectivity index (χ1v) is 6.55. The van der Waals surface area contributed by atoms with Gasteiger partial charge in [0, 0.05) is 12.1 Å². The second-order valence-electron chi connectivity index (χ2n) is 4.00. The molecule has 0 radical (unpaired) electrons. The van der Waals surface area contributed by atoms with Crippen LogP contribution in [0.25, 0.3) is 6.08 Å². The van der Waals surface area contributed by atoms with Crippen LogP contribution in [0.5, 0.6) is 11.5 Å². The molecular formula is C15H9Cl2FO3. The van der Waals surface area contributed by atoms with Gasteiger partial charge in [0.2, 0.25) is 0 Å². The summed E-state index contributed by atoms with van der Waals surface area (Å²) in [5.74, 6) is -1.24. The summed E-state index contributed by atoms with van der Waals surface area (Å²) in [7, 11) is 0. The molecule has 0 atom stereocenters. The lowest BCUT2D eigenvalue weighted by molar-refractivity contribution is -0.131. The molecule has 6 heteroatoms. The molecule has 0 heterocycles. The molecule has 0 saturated carbocycles. The summed E-state index contributed by atoms with van der Waals surface area (Å²) < 4.78 is 19.3. The van der Waals surface area contributed by atoms with E-state index >= 15 is 0 Å². The fraction of sp³-hybridized carbons (Fsp3) is 0. The third-order valence-corrected chi connectivity index (χ3v) is 3.26. The molecule has 0 aromatic heterocycles. The van der Waals surface area contributed by atoms with Crippen LogP contribution >= 0.6 is 23.2 Å². The van der Waals surface area contributed by atoms with Crippen molar-refractivity contribution in [2.45, 2.75) is 0 Å². The number of halogens is 3. The molecule has 0 saturated heterocycles. The smallest absolute Gasteiger partial charge is 0.328 e. The maximum atomic E-state index is 13.8. The number of ether oxygens (including phenoxy) is 1. The number of hydrogen-bond donors (Lipinski definition) is 1. The van der Waals surface area contributed by atoms with Crippen LogP contribution in [0.4, 0.5) is 4.39 Å². The molecule has 0 aliphatic carbocycles. The van der Waals surface area contributed by atoms with Gasteiger partial charge >= 0.3 is 5.97 Å². The third kappa shape index (κ3) is 3.97. The van der Waals surface area contributed by atoms with Crippen molar-refractivity contribution in [1.29, 1.82) is 0 Å². The number of hydrogen-bond acceptors (Lipinski definition) is 2. The zero-order chi connectivity index (χ0) is 15.4. The number of carboxylic acid groups (broad SMARTS) is 1. The summed E-state index contributed by atoms with van der Waals surface area (Å²) in [6.07, 6.45) is 1.96.